The molecule has 0 spiro atoms. The van der Waals surface area contributed by atoms with Gasteiger partial charge in [0.25, 0.3) is 0 Å². The Morgan fingerprint density at radius 3 is 2.67 bits per heavy atom. The van der Waals surface area contributed by atoms with Gasteiger partial charge in [-0.1, -0.05) is 29.5 Å². The summed E-state index contributed by atoms with van der Waals surface area (Å²) in [6, 6.07) is 8.14. The van der Waals surface area contributed by atoms with Gasteiger partial charge in [0.2, 0.25) is 5.89 Å². The van der Waals surface area contributed by atoms with Crippen LogP contribution in [0.4, 0.5) is 0 Å². The summed E-state index contributed by atoms with van der Waals surface area (Å²) >= 11 is 1.60. The lowest BCUT2D eigenvalue weighted by molar-refractivity contribution is -0.148. The van der Waals surface area contributed by atoms with Crippen molar-refractivity contribution in [3.63, 3.8) is 0 Å². The molecule has 1 aliphatic rings. The lowest BCUT2D eigenvalue weighted by Gasteiger charge is -2.37. The van der Waals surface area contributed by atoms with Crippen LogP contribution in [-0.4, -0.2) is 41.3 Å². The highest BCUT2D eigenvalue weighted by molar-refractivity contribution is 8.01. The third-order valence-electron chi connectivity index (χ3n) is 5.20. The number of ether oxygens (including phenoxy) is 2. The van der Waals surface area contributed by atoms with Crippen molar-refractivity contribution in [3.05, 3.63) is 41.3 Å². The third-order valence-corrected chi connectivity index (χ3v) is 6.62. The molecule has 30 heavy (non-hydrogen) atoms. The van der Waals surface area contributed by atoms with Crippen molar-refractivity contribution in [1.82, 2.24) is 4.98 Å². The first-order valence-electron chi connectivity index (χ1n) is 10.4. The molecule has 0 saturated heterocycles. The van der Waals surface area contributed by atoms with Crippen LogP contribution in [0.2, 0.25) is 0 Å². The molecule has 2 aromatic rings. The summed E-state index contributed by atoms with van der Waals surface area (Å²) in [6.45, 7) is 7.16. The van der Waals surface area contributed by atoms with Crippen LogP contribution in [0.3, 0.4) is 0 Å². The highest BCUT2D eigenvalue weighted by Crippen LogP contribution is 2.44. The molecule has 0 amide bonds. The Morgan fingerprint density at radius 1 is 1.23 bits per heavy atom. The lowest BCUT2D eigenvalue weighted by Crippen LogP contribution is -2.43. The number of rotatable bonds is 9. The van der Waals surface area contributed by atoms with Crippen LogP contribution in [0.15, 0.2) is 28.7 Å². The normalized spacial score (nSPS) is 14.5. The van der Waals surface area contributed by atoms with E-state index < -0.39 is 0 Å². The second-order valence-electron chi connectivity index (χ2n) is 7.40. The number of esters is 1. The van der Waals surface area contributed by atoms with E-state index in [9.17, 15) is 4.79 Å². The number of benzene rings is 1. The van der Waals surface area contributed by atoms with Gasteiger partial charge in [-0.15, -0.1) is 11.8 Å². The van der Waals surface area contributed by atoms with Gasteiger partial charge in [-0.05, 0) is 52.2 Å². The minimum Gasteiger partial charge on any atom is -0.465 e. The molecule has 0 unspecified atom stereocenters. The Morgan fingerprint density at radius 2 is 2.00 bits per heavy atom. The summed E-state index contributed by atoms with van der Waals surface area (Å²) in [6.07, 6.45) is 3.53. The van der Waals surface area contributed by atoms with Gasteiger partial charge in [-0.2, -0.15) is 0 Å². The van der Waals surface area contributed by atoms with E-state index in [0.29, 0.717) is 37.9 Å². The van der Waals surface area contributed by atoms with E-state index in [2.05, 4.69) is 23.7 Å². The van der Waals surface area contributed by atoms with Gasteiger partial charge in [0.05, 0.1) is 24.7 Å². The maximum Gasteiger partial charge on any atom is 0.322 e. The number of thioether (sulfide) groups is 1. The molecular weight excluding hydrogens is 398 g/mol. The van der Waals surface area contributed by atoms with Crippen molar-refractivity contribution in [1.29, 1.82) is 0 Å². The third kappa shape index (κ3) is 5.68. The molecular formula is C24H29NO4S. The van der Waals surface area contributed by atoms with Crippen LogP contribution in [0.1, 0.15) is 43.2 Å². The van der Waals surface area contributed by atoms with E-state index in [1.165, 1.54) is 5.56 Å². The van der Waals surface area contributed by atoms with Gasteiger partial charge in [-0.25, -0.2) is 4.98 Å². The summed E-state index contributed by atoms with van der Waals surface area (Å²) in [7, 11) is 0. The zero-order valence-corrected chi connectivity index (χ0v) is 18.8. The van der Waals surface area contributed by atoms with E-state index in [4.69, 9.17) is 13.9 Å². The number of nitrogens with zero attached hydrogens (tertiary/aromatic N) is 1. The molecule has 1 heterocycles. The highest BCUT2D eigenvalue weighted by atomic mass is 32.2. The molecule has 1 saturated carbocycles. The highest BCUT2D eigenvalue weighted by Gasteiger charge is 2.45. The molecule has 3 rings (SSSR count). The summed E-state index contributed by atoms with van der Waals surface area (Å²) in [5.74, 6) is 8.11. The number of oxazole rings is 1. The average molecular weight is 428 g/mol. The molecule has 0 atom stereocenters. The van der Waals surface area contributed by atoms with Crippen molar-refractivity contribution in [2.75, 3.05) is 25.6 Å². The second kappa shape index (κ2) is 10.7. The van der Waals surface area contributed by atoms with Crippen molar-refractivity contribution >= 4 is 17.7 Å². The molecule has 6 heteroatoms. The molecule has 1 aliphatic carbocycles. The summed E-state index contributed by atoms with van der Waals surface area (Å²) in [5.41, 5.74) is 3.10. The zero-order chi connectivity index (χ0) is 21.4. The molecule has 1 aromatic carbocycles. The van der Waals surface area contributed by atoms with Crippen molar-refractivity contribution < 1.29 is 18.7 Å². The first-order chi connectivity index (χ1) is 14.5. The Labute approximate surface area is 182 Å². The molecule has 1 fully saturated rings. The van der Waals surface area contributed by atoms with Crippen LogP contribution in [0, 0.1) is 25.7 Å². The standard InChI is InChI=1S/C24H29NO4S/c1-4-28-23(26)24(13-7-14-24)30-17-6-5-15-27-16-12-21-19(3)29-22(25-21)20-10-8-18(2)9-11-20/h8-11H,4,7,12-17H2,1-3H3. The smallest absolute Gasteiger partial charge is 0.322 e. The van der Waals surface area contributed by atoms with Crippen LogP contribution in [0.5, 0.6) is 0 Å². The average Bonchev–Trinajstić information content (AvgIpc) is 3.07. The molecule has 0 aliphatic heterocycles. The van der Waals surface area contributed by atoms with E-state index in [-0.39, 0.29) is 10.7 Å². The molecule has 0 bridgehead atoms. The first-order valence-corrected chi connectivity index (χ1v) is 11.4. The van der Waals surface area contributed by atoms with Crippen molar-refractivity contribution in [2.24, 2.45) is 0 Å². The van der Waals surface area contributed by atoms with Gasteiger partial charge in [0.1, 0.15) is 17.1 Å². The van der Waals surface area contributed by atoms with Crippen LogP contribution < -0.4 is 0 Å². The van der Waals surface area contributed by atoms with Gasteiger partial charge >= 0.3 is 5.97 Å². The van der Waals surface area contributed by atoms with E-state index in [1.54, 1.807) is 11.8 Å². The number of hydrogen-bond acceptors (Lipinski definition) is 6. The number of hydrogen-bond donors (Lipinski definition) is 0. The first kappa shape index (κ1) is 22.5. The number of carbonyl (C=O) groups is 1. The van der Waals surface area contributed by atoms with Crippen LogP contribution in [0.25, 0.3) is 11.5 Å². The fourth-order valence-electron chi connectivity index (χ4n) is 3.22. The predicted molar refractivity (Wildman–Crippen MR) is 119 cm³/mol. The van der Waals surface area contributed by atoms with Crippen LogP contribution >= 0.6 is 11.8 Å². The fourth-order valence-corrected chi connectivity index (χ4v) is 4.42. The minimum atomic E-state index is -0.370. The van der Waals surface area contributed by atoms with Gasteiger partial charge < -0.3 is 13.9 Å². The maximum absolute atomic E-state index is 12.1. The number of carbonyl (C=O) groups excluding carboxylic acids is 1. The monoisotopic (exact) mass is 427 g/mol. The van der Waals surface area contributed by atoms with Crippen molar-refractivity contribution in [2.45, 2.75) is 51.2 Å². The van der Waals surface area contributed by atoms with E-state index >= 15 is 0 Å². The Bertz CT molecular complexity index is 904. The fraction of sp³-hybridized carbons (Fsp3) is 0.500. The van der Waals surface area contributed by atoms with Gasteiger partial charge in [0.15, 0.2) is 0 Å². The Hall–Kier alpha value is -2.23. The van der Waals surface area contributed by atoms with E-state index in [1.807, 2.05) is 38.1 Å². The molecule has 160 valence electrons. The molecule has 0 N–H and O–H groups in total. The largest absolute Gasteiger partial charge is 0.465 e. The lowest BCUT2D eigenvalue weighted by atomic mass is 9.84. The predicted octanol–water partition coefficient (Wildman–Crippen LogP) is 4.74. The number of aromatic nitrogens is 1. The zero-order valence-electron chi connectivity index (χ0n) is 18.0. The maximum atomic E-state index is 12.1. The summed E-state index contributed by atoms with van der Waals surface area (Å²) < 4.78 is 16.3. The topological polar surface area (TPSA) is 61.6 Å². The SMILES string of the molecule is CCOC(=O)C1(SCC#CCOCCc2nc(-c3ccc(C)cc3)oc2C)CCC1. The molecule has 1 aromatic heterocycles. The van der Waals surface area contributed by atoms with Gasteiger partial charge in [0, 0.05) is 12.0 Å². The molecule has 0 radical (unpaired) electrons. The summed E-state index contributed by atoms with van der Waals surface area (Å²) in [4.78, 5) is 16.7. The minimum absolute atomic E-state index is 0.0905. The molecule has 5 nitrogen and oxygen atoms in total. The van der Waals surface area contributed by atoms with Crippen molar-refractivity contribution in [3.8, 4) is 23.3 Å². The quantitative estimate of drug-likeness (QED) is 0.327. The van der Waals surface area contributed by atoms with E-state index in [0.717, 1.165) is 36.3 Å². The Balaban J connectivity index is 1.38. The second-order valence-corrected chi connectivity index (χ2v) is 8.76. The Kier molecular flexibility index (Phi) is 8.01. The van der Waals surface area contributed by atoms with Crippen LogP contribution in [-0.2, 0) is 20.7 Å². The van der Waals surface area contributed by atoms with Gasteiger partial charge in [-0.3, -0.25) is 4.79 Å². The number of aryl methyl sites for hydroxylation is 2. The summed E-state index contributed by atoms with van der Waals surface area (Å²) in [5, 5.41) is 0.